The van der Waals surface area contributed by atoms with Crippen LogP contribution in [0.3, 0.4) is 0 Å². The Hall–Kier alpha value is -1.10. The first-order chi connectivity index (χ1) is 8.63. The van der Waals surface area contributed by atoms with Crippen LogP contribution in [0.15, 0.2) is 22.7 Å². The number of hydrogen-bond donors (Lipinski definition) is 2. The third kappa shape index (κ3) is 5.49. The van der Waals surface area contributed by atoms with E-state index in [1.165, 1.54) is 31.0 Å². The molecule has 18 heavy (non-hydrogen) atoms. The summed E-state index contributed by atoms with van der Waals surface area (Å²) < 4.78 is 13.4. The van der Waals surface area contributed by atoms with Gasteiger partial charge in [-0.1, -0.05) is 26.2 Å². The summed E-state index contributed by atoms with van der Waals surface area (Å²) in [7, 11) is 0. The lowest BCUT2D eigenvalue weighted by Crippen LogP contribution is -2.29. The Bertz CT molecular complexity index is 399. The van der Waals surface area contributed by atoms with Crippen LogP contribution >= 0.6 is 15.9 Å². The maximum absolute atomic E-state index is 12.8. The number of carbonyl (C=O) groups is 1. The van der Waals surface area contributed by atoms with E-state index < -0.39 is 0 Å². The molecule has 0 aliphatic carbocycles. The summed E-state index contributed by atoms with van der Waals surface area (Å²) in [5.41, 5.74) is 0.558. The van der Waals surface area contributed by atoms with Gasteiger partial charge in [-0.3, -0.25) is 0 Å². The highest BCUT2D eigenvalue weighted by atomic mass is 79.9. The van der Waals surface area contributed by atoms with Gasteiger partial charge < -0.3 is 10.6 Å². The molecule has 100 valence electrons. The van der Waals surface area contributed by atoms with Gasteiger partial charge in [-0.25, -0.2) is 9.18 Å². The quantitative estimate of drug-likeness (QED) is 0.755. The highest BCUT2D eigenvalue weighted by molar-refractivity contribution is 9.10. The van der Waals surface area contributed by atoms with Gasteiger partial charge in [0.2, 0.25) is 0 Å². The molecule has 0 radical (unpaired) electrons. The molecule has 0 bridgehead atoms. The van der Waals surface area contributed by atoms with Gasteiger partial charge in [-0.15, -0.1) is 0 Å². The molecule has 0 aliphatic rings. The molecule has 0 unspecified atom stereocenters. The van der Waals surface area contributed by atoms with Crippen molar-refractivity contribution in [2.24, 2.45) is 0 Å². The Morgan fingerprint density at radius 1 is 1.33 bits per heavy atom. The molecule has 1 rings (SSSR count). The van der Waals surface area contributed by atoms with E-state index in [2.05, 4.69) is 33.5 Å². The lowest BCUT2D eigenvalue weighted by atomic mass is 10.2. The number of amides is 2. The average Bonchev–Trinajstić information content (AvgIpc) is 2.32. The molecule has 0 saturated heterocycles. The van der Waals surface area contributed by atoms with Crippen LogP contribution in [0.1, 0.15) is 32.6 Å². The number of hydrogen-bond acceptors (Lipinski definition) is 1. The SMILES string of the molecule is CCCCCCNC(=O)Nc1ccc(F)cc1Br. The third-order valence-corrected chi connectivity index (χ3v) is 3.15. The van der Waals surface area contributed by atoms with E-state index in [1.807, 2.05) is 0 Å². The van der Waals surface area contributed by atoms with Crippen LogP contribution in [0.25, 0.3) is 0 Å². The normalized spacial score (nSPS) is 10.2. The van der Waals surface area contributed by atoms with Crippen molar-refractivity contribution in [2.45, 2.75) is 32.6 Å². The van der Waals surface area contributed by atoms with Gasteiger partial charge in [-0.2, -0.15) is 0 Å². The molecular formula is C13H18BrFN2O. The molecule has 1 aromatic rings. The number of unbranched alkanes of at least 4 members (excludes halogenated alkanes) is 3. The second-order valence-corrected chi connectivity index (χ2v) is 4.92. The molecule has 2 amide bonds. The monoisotopic (exact) mass is 316 g/mol. The van der Waals surface area contributed by atoms with E-state index in [0.717, 1.165) is 12.8 Å². The van der Waals surface area contributed by atoms with Crippen molar-refractivity contribution >= 4 is 27.6 Å². The summed E-state index contributed by atoms with van der Waals surface area (Å²) in [4.78, 5) is 11.5. The fourth-order valence-corrected chi connectivity index (χ4v) is 1.96. The Labute approximate surface area is 115 Å². The van der Waals surface area contributed by atoms with Crippen LogP contribution in [-0.4, -0.2) is 12.6 Å². The summed E-state index contributed by atoms with van der Waals surface area (Å²) in [6.07, 6.45) is 4.46. The minimum Gasteiger partial charge on any atom is -0.338 e. The molecule has 0 fully saturated rings. The van der Waals surface area contributed by atoms with E-state index in [4.69, 9.17) is 0 Å². The van der Waals surface area contributed by atoms with Crippen molar-refractivity contribution in [3.05, 3.63) is 28.5 Å². The number of rotatable bonds is 6. The van der Waals surface area contributed by atoms with Gasteiger partial charge >= 0.3 is 6.03 Å². The summed E-state index contributed by atoms with van der Waals surface area (Å²) in [6.45, 7) is 2.80. The third-order valence-electron chi connectivity index (χ3n) is 2.50. The van der Waals surface area contributed by atoms with Crippen molar-refractivity contribution in [2.75, 3.05) is 11.9 Å². The first-order valence-electron chi connectivity index (χ1n) is 6.13. The minimum absolute atomic E-state index is 0.265. The van der Waals surface area contributed by atoms with Crippen LogP contribution in [-0.2, 0) is 0 Å². The summed E-state index contributed by atoms with van der Waals surface area (Å²) in [5.74, 6) is -0.340. The molecule has 2 N–H and O–H groups in total. The topological polar surface area (TPSA) is 41.1 Å². The molecule has 0 spiro atoms. The lowest BCUT2D eigenvalue weighted by Gasteiger charge is -2.09. The zero-order valence-electron chi connectivity index (χ0n) is 10.4. The molecule has 0 aromatic heterocycles. The molecule has 5 heteroatoms. The van der Waals surface area contributed by atoms with E-state index >= 15 is 0 Å². The van der Waals surface area contributed by atoms with Crippen molar-refractivity contribution in [3.63, 3.8) is 0 Å². The number of urea groups is 1. The van der Waals surface area contributed by atoms with Crippen molar-refractivity contribution in [1.82, 2.24) is 5.32 Å². The Morgan fingerprint density at radius 2 is 2.11 bits per heavy atom. The molecule has 3 nitrogen and oxygen atoms in total. The molecule has 1 aromatic carbocycles. The van der Waals surface area contributed by atoms with Gasteiger partial charge in [0.1, 0.15) is 5.82 Å². The molecule has 0 aliphatic heterocycles. The number of nitrogens with one attached hydrogen (secondary N) is 2. The molecule has 0 saturated carbocycles. The summed E-state index contributed by atoms with van der Waals surface area (Å²) in [5, 5.41) is 5.43. The van der Waals surface area contributed by atoms with E-state index in [0.29, 0.717) is 16.7 Å². The van der Waals surface area contributed by atoms with Crippen molar-refractivity contribution in [1.29, 1.82) is 0 Å². The predicted molar refractivity (Wildman–Crippen MR) is 75.3 cm³/mol. The standard InChI is InChI=1S/C13H18BrFN2O/c1-2-3-4-5-8-16-13(18)17-12-7-6-10(15)9-11(12)14/h6-7,9H,2-5,8H2,1H3,(H2,16,17,18). The zero-order valence-corrected chi connectivity index (χ0v) is 12.0. The van der Waals surface area contributed by atoms with Crippen molar-refractivity contribution < 1.29 is 9.18 Å². The Morgan fingerprint density at radius 3 is 2.78 bits per heavy atom. The first kappa shape index (κ1) is 15.0. The van der Waals surface area contributed by atoms with Crippen molar-refractivity contribution in [3.8, 4) is 0 Å². The Balaban J connectivity index is 2.31. The summed E-state index contributed by atoms with van der Waals surface area (Å²) >= 11 is 3.20. The number of carbonyl (C=O) groups excluding carboxylic acids is 1. The van der Waals surface area contributed by atoms with E-state index in [1.54, 1.807) is 0 Å². The van der Waals surface area contributed by atoms with Crippen LogP contribution in [0.5, 0.6) is 0 Å². The van der Waals surface area contributed by atoms with Gasteiger partial charge in [0.15, 0.2) is 0 Å². The largest absolute Gasteiger partial charge is 0.338 e. The summed E-state index contributed by atoms with van der Waals surface area (Å²) in [6, 6.07) is 3.88. The van der Waals surface area contributed by atoms with Crippen LogP contribution < -0.4 is 10.6 Å². The highest BCUT2D eigenvalue weighted by Crippen LogP contribution is 2.22. The zero-order chi connectivity index (χ0) is 13.4. The number of benzene rings is 1. The lowest BCUT2D eigenvalue weighted by molar-refractivity contribution is 0.252. The maximum atomic E-state index is 12.8. The van der Waals surface area contributed by atoms with Gasteiger partial charge in [0.25, 0.3) is 0 Å². The van der Waals surface area contributed by atoms with Crippen LogP contribution in [0, 0.1) is 5.82 Å². The van der Waals surface area contributed by atoms with Gasteiger partial charge in [0, 0.05) is 11.0 Å². The predicted octanol–water partition coefficient (Wildman–Crippen LogP) is 4.29. The average molecular weight is 317 g/mol. The fraction of sp³-hybridized carbons (Fsp3) is 0.462. The second-order valence-electron chi connectivity index (χ2n) is 4.07. The smallest absolute Gasteiger partial charge is 0.319 e. The molecule has 0 atom stereocenters. The van der Waals surface area contributed by atoms with E-state index in [-0.39, 0.29) is 11.8 Å². The molecule has 0 heterocycles. The highest BCUT2D eigenvalue weighted by Gasteiger charge is 2.05. The Kier molecular flexibility index (Phi) is 6.72. The molecular weight excluding hydrogens is 299 g/mol. The first-order valence-corrected chi connectivity index (χ1v) is 6.92. The minimum atomic E-state index is -0.340. The van der Waals surface area contributed by atoms with Gasteiger partial charge in [0.05, 0.1) is 5.69 Å². The van der Waals surface area contributed by atoms with Gasteiger partial charge in [-0.05, 0) is 40.5 Å². The number of anilines is 1. The van der Waals surface area contributed by atoms with Crippen LogP contribution in [0.2, 0.25) is 0 Å². The maximum Gasteiger partial charge on any atom is 0.319 e. The fourth-order valence-electron chi connectivity index (χ4n) is 1.51. The van der Waals surface area contributed by atoms with E-state index in [9.17, 15) is 9.18 Å². The van der Waals surface area contributed by atoms with Crippen LogP contribution in [0.4, 0.5) is 14.9 Å². The number of halogens is 2. The second kappa shape index (κ2) is 8.08.